The Morgan fingerprint density at radius 2 is 0.731 bits per heavy atom. The summed E-state index contributed by atoms with van der Waals surface area (Å²) in [5.74, 6) is 0.749. The molecule has 3 heterocycles. The minimum absolute atomic E-state index is 0.739. The van der Waals surface area contributed by atoms with Gasteiger partial charge in [-0.1, -0.05) is 181 Å². The van der Waals surface area contributed by atoms with Crippen molar-refractivity contribution in [2.45, 2.75) is 33.1 Å². The van der Waals surface area contributed by atoms with Crippen LogP contribution in [0.4, 0.5) is 34.1 Å². The monoisotopic (exact) mass is 860 g/mol. The predicted molar refractivity (Wildman–Crippen MR) is 278 cm³/mol. The Kier molecular flexibility index (Phi) is 9.58. The Morgan fingerprint density at radius 1 is 0.328 bits per heavy atom. The molecule has 0 bridgehead atoms. The fourth-order valence-electron chi connectivity index (χ4n) is 11.0. The van der Waals surface area contributed by atoms with Crippen molar-refractivity contribution in [1.82, 2.24) is 9.97 Å². The second-order valence-electron chi connectivity index (χ2n) is 17.9. The minimum atomic E-state index is -0.739. The molecule has 1 spiro atoms. The third kappa shape index (κ3) is 6.35. The molecule has 0 radical (unpaired) electrons. The first-order valence-electron chi connectivity index (χ1n) is 23.2. The fourth-order valence-corrected chi connectivity index (χ4v) is 11.0. The molecule has 4 nitrogen and oxygen atoms in total. The molecule has 0 fully saturated rings. The zero-order chi connectivity index (χ0) is 45.2. The van der Waals surface area contributed by atoms with E-state index >= 15 is 0 Å². The van der Waals surface area contributed by atoms with E-state index in [1.807, 2.05) is 13.0 Å². The van der Waals surface area contributed by atoms with Crippen LogP contribution >= 0.6 is 0 Å². The Bertz CT molecular complexity index is 3370. The van der Waals surface area contributed by atoms with Crippen molar-refractivity contribution in [3.63, 3.8) is 0 Å². The lowest BCUT2D eigenvalue weighted by atomic mass is 9.59. The van der Waals surface area contributed by atoms with E-state index in [2.05, 4.69) is 243 Å². The number of aromatic nitrogens is 2. The standard InChI is InChI=1S/C63H48N4/c1-41-31-37-59-55(39-41)63(56-40-42(2)32-38-60(56)67(59)47-21-9-6-10-22-47)53-27-15-11-23-49(53)51-25-13-17-29-57(51)66(58-30-18-14-26-52(58)50-24-12-16-28-54(50)63)48-35-33-46(34-36-48)62-43(3)61(64-44(4)65-62)45-19-7-5-8-20-45/h5-40H,1-4H3. The Hall–Kier alpha value is -8.34. The molecule has 320 valence electrons. The van der Waals surface area contributed by atoms with Gasteiger partial charge in [-0.25, -0.2) is 9.97 Å². The number of hydrogen-bond donors (Lipinski definition) is 0. The summed E-state index contributed by atoms with van der Waals surface area (Å²) in [6, 6.07) is 80.6. The number of nitrogens with zero attached hydrogens (tertiary/aromatic N) is 4. The van der Waals surface area contributed by atoms with Gasteiger partial charge in [-0.05, 0) is 110 Å². The van der Waals surface area contributed by atoms with Gasteiger partial charge in [0.25, 0.3) is 0 Å². The molecule has 0 saturated heterocycles. The summed E-state index contributed by atoms with van der Waals surface area (Å²) >= 11 is 0. The Morgan fingerprint density at radius 3 is 1.25 bits per heavy atom. The van der Waals surface area contributed by atoms with Crippen molar-refractivity contribution < 1.29 is 0 Å². The molecule has 12 rings (SSSR count). The van der Waals surface area contributed by atoms with Crippen molar-refractivity contribution in [1.29, 1.82) is 0 Å². The molecule has 4 heteroatoms. The van der Waals surface area contributed by atoms with Crippen molar-refractivity contribution in [3.8, 4) is 44.8 Å². The average molecular weight is 861 g/mol. The quantitative estimate of drug-likeness (QED) is 0.176. The third-order valence-electron chi connectivity index (χ3n) is 13.8. The van der Waals surface area contributed by atoms with Crippen LogP contribution in [-0.4, -0.2) is 9.97 Å². The van der Waals surface area contributed by atoms with Gasteiger partial charge in [0, 0.05) is 39.2 Å². The molecule has 67 heavy (non-hydrogen) atoms. The van der Waals surface area contributed by atoms with Crippen LogP contribution in [0.25, 0.3) is 44.8 Å². The largest absolute Gasteiger partial charge is 0.310 e. The number of anilines is 6. The summed E-state index contributed by atoms with van der Waals surface area (Å²) in [7, 11) is 0. The van der Waals surface area contributed by atoms with Crippen LogP contribution in [0.5, 0.6) is 0 Å². The lowest BCUT2D eigenvalue weighted by Gasteiger charge is -2.48. The fraction of sp³-hybridized carbons (Fsp3) is 0.0794. The Balaban J connectivity index is 1.15. The summed E-state index contributed by atoms with van der Waals surface area (Å²) in [5.41, 5.74) is 23.2. The predicted octanol–water partition coefficient (Wildman–Crippen LogP) is 16.3. The zero-order valence-electron chi connectivity index (χ0n) is 38.1. The topological polar surface area (TPSA) is 32.3 Å². The molecule has 0 atom stereocenters. The van der Waals surface area contributed by atoms with Crippen LogP contribution in [0.2, 0.25) is 0 Å². The summed E-state index contributed by atoms with van der Waals surface area (Å²) in [5, 5.41) is 0. The van der Waals surface area contributed by atoms with Gasteiger partial charge < -0.3 is 9.80 Å². The smallest absolute Gasteiger partial charge is 0.126 e. The van der Waals surface area contributed by atoms with Gasteiger partial charge in [-0.2, -0.15) is 0 Å². The van der Waals surface area contributed by atoms with Gasteiger partial charge in [0.05, 0.1) is 39.6 Å². The number of fused-ring (bicyclic) bond motifs is 12. The van der Waals surface area contributed by atoms with Gasteiger partial charge in [0.1, 0.15) is 5.82 Å². The number of hydrogen-bond acceptors (Lipinski definition) is 4. The number of rotatable bonds is 4. The number of aryl methyl sites for hydroxylation is 3. The average Bonchev–Trinajstić information content (AvgIpc) is 3.37. The maximum absolute atomic E-state index is 5.02. The summed E-state index contributed by atoms with van der Waals surface area (Å²) in [6.45, 7) is 8.58. The third-order valence-corrected chi connectivity index (χ3v) is 13.8. The molecule has 2 aliphatic heterocycles. The molecule has 10 aromatic rings. The van der Waals surface area contributed by atoms with Crippen molar-refractivity contribution >= 4 is 34.1 Å². The molecule has 0 aliphatic carbocycles. The molecule has 2 aliphatic rings. The summed E-state index contributed by atoms with van der Waals surface area (Å²) in [6.07, 6.45) is 0. The zero-order valence-corrected chi connectivity index (χ0v) is 38.1. The summed E-state index contributed by atoms with van der Waals surface area (Å²) in [4.78, 5) is 14.9. The minimum Gasteiger partial charge on any atom is -0.310 e. The first-order valence-corrected chi connectivity index (χ1v) is 23.2. The lowest BCUT2D eigenvalue weighted by molar-refractivity contribution is 0.732. The van der Waals surface area contributed by atoms with E-state index in [9.17, 15) is 0 Å². The highest BCUT2D eigenvalue weighted by Crippen LogP contribution is 2.62. The van der Waals surface area contributed by atoms with Crippen molar-refractivity contribution in [2.75, 3.05) is 9.80 Å². The first kappa shape index (κ1) is 40.2. The van der Waals surface area contributed by atoms with Crippen LogP contribution in [0.3, 0.4) is 0 Å². The van der Waals surface area contributed by atoms with Gasteiger partial charge >= 0.3 is 0 Å². The van der Waals surface area contributed by atoms with Crippen LogP contribution < -0.4 is 9.80 Å². The maximum Gasteiger partial charge on any atom is 0.126 e. The van der Waals surface area contributed by atoms with E-state index in [4.69, 9.17) is 9.97 Å². The first-order chi connectivity index (χ1) is 32.9. The van der Waals surface area contributed by atoms with Crippen LogP contribution in [0.15, 0.2) is 218 Å². The van der Waals surface area contributed by atoms with E-state index in [1.165, 1.54) is 55.9 Å². The van der Waals surface area contributed by atoms with Crippen molar-refractivity contribution in [3.05, 3.63) is 263 Å². The maximum atomic E-state index is 5.02. The molecular weight excluding hydrogens is 813 g/mol. The van der Waals surface area contributed by atoms with Crippen molar-refractivity contribution in [2.24, 2.45) is 0 Å². The SMILES string of the molecule is Cc1ccc2c(c1)C1(c3ccccc3-c3ccccc3N(c3ccc(-c4nc(C)nc(-c5ccccc5)c4C)cc3)c3ccccc3-c3ccccc31)c1cc(C)ccc1N2c1ccccc1. The second-order valence-corrected chi connectivity index (χ2v) is 17.9. The van der Waals surface area contributed by atoms with E-state index in [0.29, 0.717) is 0 Å². The van der Waals surface area contributed by atoms with Gasteiger partial charge in [0.2, 0.25) is 0 Å². The van der Waals surface area contributed by atoms with E-state index in [-0.39, 0.29) is 0 Å². The van der Waals surface area contributed by atoms with Gasteiger partial charge in [-0.3, -0.25) is 0 Å². The van der Waals surface area contributed by atoms with Gasteiger partial charge in [0.15, 0.2) is 0 Å². The van der Waals surface area contributed by atoms with Crippen LogP contribution in [-0.2, 0) is 5.41 Å². The summed E-state index contributed by atoms with van der Waals surface area (Å²) < 4.78 is 0. The van der Waals surface area contributed by atoms with E-state index in [0.717, 1.165) is 67.8 Å². The molecular formula is C63H48N4. The molecule has 0 saturated carbocycles. The highest BCUT2D eigenvalue weighted by molar-refractivity contribution is 6.00. The molecule has 0 amide bonds. The molecule has 0 N–H and O–H groups in total. The number of benzene rings is 9. The molecule has 1 aromatic heterocycles. The normalized spacial score (nSPS) is 13.1. The van der Waals surface area contributed by atoms with E-state index < -0.39 is 5.41 Å². The highest BCUT2D eigenvalue weighted by atomic mass is 15.2. The molecule has 0 unspecified atom stereocenters. The highest BCUT2D eigenvalue weighted by Gasteiger charge is 2.49. The molecule has 9 aromatic carbocycles. The Labute approximate surface area is 393 Å². The van der Waals surface area contributed by atoms with Crippen LogP contribution in [0.1, 0.15) is 44.8 Å². The van der Waals surface area contributed by atoms with E-state index in [1.54, 1.807) is 0 Å². The second kappa shape index (κ2) is 16.0. The lowest BCUT2D eigenvalue weighted by Crippen LogP contribution is -2.39. The number of para-hydroxylation sites is 3. The van der Waals surface area contributed by atoms with Crippen LogP contribution in [0, 0.1) is 27.7 Å². The van der Waals surface area contributed by atoms with Gasteiger partial charge in [-0.15, -0.1) is 0 Å².